The van der Waals surface area contributed by atoms with Crippen molar-refractivity contribution in [3.63, 3.8) is 0 Å². The number of hydrogen-bond donors (Lipinski definition) is 2. The fourth-order valence-electron chi connectivity index (χ4n) is 1.97. The summed E-state index contributed by atoms with van der Waals surface area (Å²) in [4.78, 5) is 14.2. The van der Waals surface area contributed by atoms with Gasteiger partial charge < -0.3 is 20.2 Å². The molecule has 1 aromatic carbocycles. The van der Waals surface area contributed by atoms with E-state index in [0.29, 0.717) is 5.75 Å². The van der Waals surface area contributed by atoms with Gasteiger partial charge in [0.2, 0.25) is 0 Å². The molecule has 19 heavy (non-hydrogen) atoms. The highest BCUT2D eigenvalue weighted by atomic mass is 16.6. The maximum Gasteiger partial charge on any atom is 0.343 e. The molecule has 1 aromatic heterocycles. The van der Waals surface area contributed by atoms with Crippen molar-refractivity contribution in [2.75, 3.05) is 13.7 Å². The summed E-state index contributed by atoms with van der Waals surface area (Å²) in [5.41, 5.74) is 7.97. The van der Waals surface area contributed by atoms with Crippen LogP contribution in [0.15, 0.2) is 24.4 Å². The van der Waals surface area contributed by atoms with E-state index in [1.807, 2.05) is 31.3 Å². The summed E-state index contributed by atoms with van der Waals surface area (Å²) in [6.07, 6.45) is 2.78. The van der Waals surface area contributed by atoms with Crippen molar-refractivity contribution in [3.8, 4) is 5.75 Å². The lowest BCUT2D eigenvalue weighted by atomic mass is 10.1. The van der Waals surface area contributed by atoms with E-state index in [0.717, 1.165) is 17.3 Å². The van der Waals surface area contributed by atoms with Gasteiger partial charge in [0, 0.05) is 29.2 Å². The first-order chi connectivity index (χ1) is 9.10. The van der Waals surface area contributed by atoms with E-state index in [2.05, 4.69) is 9.72 Å². The zero-order valence-corrected chi connectivity index (χ0v) is 11.1. The van der Waals surface area contributed by atoms with Crippen LogP contribution in [0.5, 0.6) is 5.75 Å². The van der Waals surface area contributed by atoms with Crippen LogP contribution < -0.4 is 10.5 Å². The molecule has 1 atom stereocenters. The van der Waals surface area contributed by atoms with Gasteiger partial charge in [-0.1, -0.05) is 0 Å². The van der Waals surface area contributed by atoms with Crippen molar-refractivity contribution in [3.05, 3.63) is 30.0 Å². The van der Waals surface area contributed by atoms with Gasteiger partial charge in [-0.15, -0.1) is 0 Å². The molecule has 0 aliphatic rings. The van der Waals surface area contributed by atoms with Gasteiger partial charge in [0.25, 0.3) is 0 Å². The van der Waals surface area contributed by atoms with E-state index < -0.39 is 5.97 Å². The van der Waals surface area contributed by atoms with Gasteiger partial charge in [-0.05, 0) is 31.0 Å². The van der Waals surface area contributed by atoms with Crippen LogP contribution in [0.4, 0.5) is 0 Å². The highest BCUT2D eigenvalue weighted by molar-refractivity contribution is 5.84. The normalized spacial score (nSPS) is 12.4. The number of ether oxygens (including phenoxy) is 2. The fourth-order valence-corrected chi connectivity index (χ4v) is 1.97. The average Bonchev–Trinajstić information content (AvgIpc) is 2.77. The van der Waals surface area contributed by atoms with Crippen LogP contribution in [-0.4, -0.2) is 30.7 Å². The molecule has 0 saturated heterocycles. The number of aromatic amines is 1. The van der Waals surface area contributed by atoms with Crippen LogP contribution >= 0.6 is 0 Å². The van der Waals surface area contributed by atoms with Crippen molar-refractivity contribution in [2.24, 2.45) is 5.73 Å². The Labute approximate surface area is 111 Å². The summed E-state index contributed by atoms with van der Waals surface area (Å²) in [5, 5.41) is 1.13. The lowest BCUT2D eigenvalue weighted by molar-refractivity contribution is -0.142. The minimum Gasteiger partial charge on any atom is -0.482 e. The smallest absolute Gasteiger partial charge is 0.343 e. The monoisotopic (exact) mass is 262 g/mol. The molecule has 1 heterocycles. The molecule has 0 aliphatic heterocycles. The predicted octanol–water partition coefficient (Wildman–Crippen LogP) is 1.61. The quantitative estimate of drug-likeness (QED) is 0.802. The topological polar surface area (TPSA) is 77.3 Å². The summed E-state index contributed by atoms with van der Waals surface area (Å²) in [6, 6.07) is 5.79. The zero-order chi connectivity index (χ0) is 13.8. The Balaban J connectivity index is 2.15. The van der Waals surface area contributed by atoms with Gasteiger partial charge in [0.15, 0.2) is 6.61 Å². The summed E-state index contributed by atoms with van der Waals surface area (Å²) < 4.78 is 9.86. The first-order valence-corrected chi connectivity index (χ1v) is 6.15. The Morgan fingerprint density at radius 1 is 1.47 bits per heavy atom. The van der Waals surface area contributed by atoms with Crippen molar-refractivity contribution < 1.29 is 14.3 Å². The Morgan fingerprint density at radius 2 is 2.26 bits per heavy atom. The SMILES string of the molecule is COC(=O)COc1ccc2c(CC(C)N)c[nH]c2c1. The predicted molar refractivity (Wildman–Crippen MR) is 73.2 cm³/mol. The van der Waals surface area contributed by atoms with E-state index in [-0.39, 0.29) is 12.6 Å². The molecular weight excluding hydrogens is 244 g/mol. The van der Waals surface area contributed by atoms with Crippen molar-refractivity contribution in [1.29, 1.82) is 0 Å². The van der Waals surface area contributed by atoms with Crippen molar-refractivity contribution >= 4 is 16.9 Å². The first kappa shape index (κ1) is 13.4. The van der Waals surface area contributed by atoms with Crippen LogP contribution in [0.2, 0.25) is 0 Å². The summed E-state index contributed by atoms with van der Waals surface area (Å²) in [6.45, 7) is 1.89. The molecule has 0 fully saturated rings. The van der Waals surface area contributed by atoms with Crippen LogP contribution in [-0.2, 0) is 16.0 Å². The largest absolute Gasteiger partial charge is 0.482 e. The van der Waals surface area contributed by atoms with Gasteiger partial charge in [-0.25, -0.2) is 4.79 Å². The van der Waals surface area contributed by atoms with E-state index in [1.165, 1.54) is 12.7 Å². The standard InChI is InChI=1S/C14H18N2O3/c1-9(15)5-10-7-16-13-6-11(3-4-12(10)13)19-8-14(17)18-2/h3-4,6-7,9,16H,5,8,15H2,1-2H3. The molecule has 5 nitrogen and oxygen atoms in total. The fraction of sp³-hybridized carbons (Fsp3) is 0.357. The van der Waals surface area contributed by atoms with Gasteiger partial charge in [-0.3, -0.25) is 0 Å². The zero-order valence-electron chi connectivity index (χ0n) is 11.1. The molecular formula is C14H18N2O3. The Hall–Kier alpha value is -2.01. The highest BCUT2D eigenvalue weighted by Crippen LogP contribution is 2.24. The van der Waals surface area contributed by atoms with Gasteiger partial charge in [0.05, 0.1) is 7.11 Å². The van der Waals surface area contributed by atoms with E-state index in [4.69, 9.17) is 10.5 Å². The minimum absolute atomic E-state index is 0.0879. The second kappa shape index (κ2) is 5.75. The molecule has 0 amide bonds. The number of esters is 1. The van der Waals surface area contributed by atoms with E-state index in [1.54, 1.807) is 0 Å². The van der Waals surface area contributed by atoms with Crippen LogP contribution in [0, 0.1) is 0 Å². The maximum atomic E-state index is 11.0. The van der Waals surface area contributed by atoms with Crippen molar-refractivity contribution in [2.45, 2.75) is 19.4 Å². The Bertz CT molecular complexity index is 575. The number of nitrogens with one attached hydrogen (secondary N) is 1. The minimum atomic E-state index is -0.399. The summed E-state index contributed by atoms with van der Waals surface area (Å²) in [7, 11) is 1.33. The second-order valence-electron chi connectivity index (χ2n) is 4.57. The van der Waals surface area contributed by atoms with Crippen LogP contribution in [0.1, 0.15) is 12.5 Å². The van der Waals surface area contributed by atoms with Gasteiger partial charge in [0.1, 0.15) is 5.75 Å². The average molecular weight is 262 g/mol. The molecule has 2 rings (SSSR count). The molecule has 0 radical (unpaired) electrons. The Kier molecular flexibility index (Phi) is 4.06. The Morgan fingerprint density at radius 3 is 2.95 bits per heavy atom. The van der Waals surface area contributed by atoms with E-state index >= 15 is 0 Å². The lowest BCUT2D eigenvalue weighted by Crippen LogP contribution is -2.17. The summed E-state index contributed by atoms with van der Waals surface area (Å²) in [5.74, 6) is 0.233. The molecule has 0 bridgehead atoms. The molecule has 1 unspecified atom stereocenters. The number of carbonyl (C=O) groups excluding carboxylic acids is 1. The molecule has 2 aromatic rings. The van der Waals surface area contributed by atoms with Crippen LogP contribution in [0.25, 0.3) is 10.9 Å². The molecule has 5 heteroatoms. The first-order valence-electron chi connectivity index (χ1n) is 6.15. The molecule has 3 N–H and O–H groups in total. The van der Waals surface area contributed by atoms with Gasteiger partial charge >= 0.3 is 5.97 Å². The highest BCUT2D eigenvalue weighted by Gasteiger charge is 2.08. The molecule has 0 spiro atoms. The third-order valence-corrected chi connectivity index (χ3v) is 2.87. The maximum absolute atomic E-state index is 11.0. The number of methoxy groups -OCH3 is 1. The third-order valence-electron chi connectivity index (χ3n) is 2.87. The van der Waals surface area contributed by atoms with E-state index in [9.17, 15) is 4.79 Å². The number of rotatable bonds is 5. The number of benzene rings is 1. The number of nitrogens with two attached hydrogens (primary N) is 1. The number of fused-ring (bicyclic) bond motifs is 1. The summed E-state index contributed by atoms with van der Waals surface area (Å²) >= 11 is 0. The van der Waals surface area contributed by atoms with Gasteiger partial charge in [-0.2, -0.15) is 0 Å². The number of aromatic nitrogens is 1. The molecule has 102 valence electrons. The van der Waals surface area contributed by atoms with Crippen molar-refractivity contribution in [1.82, 2.24) is 4.98 Å². The number of H-pyrrole nitrogens is 1. The second-order valence-corrected chi connectivity index (χ2v) is 4.57. The number of carbonyl (C=O) groups is 1. The molecule has 0 saturated carbocycles. The molecule has 0 aliphatic carbocycles. The number of hydrogen-bond acceptors (Lipinski definition) is 4. The van der Waals surface area contributed by atoms with Crippen LogP contribution in [0.3, 0.4) is 0 Å². The lowest BCUT2D eigenvalue weighted by Gasteiger charge is -2.06. The third kappa shape index (κ3) is 3.26.